The second-order valence-electron chi connectivity index (χ2n) is 4.48. The molecule has 94 valence electrons. The normalized spacial score (nSPS) is 16.6. The first-order valence-electron chi connectivity index (χ1n) is 5.98. The lowest BCUT2D eigenvalue weighted by atomic mass is 10.0. The quantitative estimate of drug-likeness (QED) is 0.767. The highest BCUT2D eigenvalue weighted by molar-refractivity contribution is 5.47. The van der Waals surface area contributed by atoms with Crippen LogP contribution in [0.3, 0.4) is 0 Å². The molecule has 3 heteroatoms. The van der Waals surface area contributed by atoms with Gasteiger partial charge in [0.15, 0.2) is 0 Å². The van der Waals surface area contributed by atoms with Gasteiger partial charge < -0.3 is 11.5 Å². The monoisotopic (exact) mass is 233 g/mol. The van der Waals surface area contributed by atoms with Crippen LogP contribution >= 0.6 is 0 Å². The van der Waals surface area contributed by atoms with E-state index in [0.29, 0.717) is 0 Å². The van der Waals surface area contributed by atoms with Gasteiger partial charge in [0.1, 0.15) is 0 Å². The van der Waals surface area contributed by atoms with Gasteiger partial charge in [-0.1, -0.05) is 36.9 Å². The van der Waals surface area contributed by atoms with E-state index >= 15 is 0 Å². The van der Waals surface area contributed by atoms with Crippen LogP contribution in [-0.2, 0) is 0 Å². The van der Waals surface area contributed by atoms with Crippen molar-refractivity contribution in [2.24, 2.45) is 11.5 Å². The summed E-state index contributed by atoms with van der Waals surface area (Å²) in [5, 5.41) is 0. The molecule has 3 nitrogen and oxygen atoms in total. The fourth-order valence-corrected chi connectivity index (χ4v) is 2.16. The van der Waals surface area contributed by atoms with Gasteiger partial charge in [-0.15, -0.1) is 0 Å². The molecule has 0 radical (unpaired) electrons. The van der Waals surface area contributed by atoms with Crippen molar-refractivity contribution in [1.29, 1.82) is 0 Å². The standard InChI is InChI=1S/C14H23N3/c1-5-13-6-8-14(9-7-13)10(2)17(11(3)15)12(4)16/h5-12H,1,15-16H2,2-4H3. The summed E-state index contributed by atoms with van der Waals surface area (Å²) in [5.74, 6) is 0. The number of benzene rings is 1. The Labute approximate surface area is 104 Å². The highest BCUT2D eigenvalue weighted by Gasteiger charge is 2.21. The molecule has 0 aliphatic carbocycles. The van der Waals surface area contributed by atoms with Crippen molar-refractivity contribution in [3.8, 4) is 0 Å². The van der Waals surface area contributed by atoms with E-state index in [2.05, 4.69) is 42.7 Å². The van der Waals surface area contributed by atoms with E-state index in [0.717, 1.165) is 5.56 Å². The molecule has 0 bridgehead atoms. The van der Waals surface area contributed by atoms with Crippen LogP contribution in [0, 0.1) is 0 Å². The van der Waals surface area contributed by atoms with Crippen LogP contribution in [0.25, 0.3) is 6.08 Å². The summed E-state index contributed by atoms with van der Waals surface area (Å²) < 4.78 is 0. The molecule has 1 aromatic rings. The van der Waals surface area contributed by atoms with Crippen molar-refractivity contribution in [2.75, 3.05) is 0 Å². The Bertz CT molecular complexity index is 346. The molecular formula is C14H23N3. The Hall–Kier alpha value is -1.16. The minimum absolute atomic E-state index is 0.0657. The van der Waals surface area contributed by atoms with Crippen LogP contribution in [-0.4, -0.2) is 17.2 Å². The Morgan fingerprint density at radius 2 is 1.53 bits per heavy atom. The predicted molar refractivity (Wildman–Crippen MR) is 74.1 cm³/mol. The molecule has 0 heterocycles. The van der Waals surface area contributed by atoms with Crippen LogP contribution < -0.4 is 11.5 Å². The summed E-state index contributed by atoms with van der Waals surface area (Å²) in [4.78, 5) is 2.09. The van der Waals surface area contributed by atoms with Crippen LogP contribution in [0.5, 0.6) is 0 Å². The Morgan fingerprint density at radius 1 is 1.06 bits per heavy atom. The van der Waals surface area contributed by atoms with Crippen LogP contribution in [0.2, 0.25) is 0 Å². The van der Waals surface area contributed by atoms with Gasteiger partial charge in [0, 0.05) is 6.04 Å². The smallest absolute Gasteiger partial charge is 0.0562 e. The fraction of sp³-hybridized carbons (Fsp3) is 0.429. The molecule has 0 aliphatic heterocycles. The third-order valence-corrected chi connectivity index (χ3v) is 3.04. The maximum Gasteiger partial charge on any atom is 0.0562 e. The van der Waals surface area contributed by atoms with Crippen LogP contribution in [0.1, 0.15) is 37.9 Å². The van der Waals surface area contributed by atoms with Gasteiger partial charge in [0.25, 0.3) is 0 Å². The number of nitrogens with zero attached hydrogens (tertiary/aromatic N) is 1. The minimum Gasteiger partial charge on any atom is -0.316 e. The molecule has 0 aliphatic rings. The van der Waals surface area contributed by atoms with E-state index in [1.807, 2.05) is 19.9 Å². The van der Waals surface area contributed by atoms with Crippen molar-refractivity contribution < 1.29 is 0 Å². The lowest BCUT2D eigenvalue weighted by molar-refractivity contribution is 0.110. The van der Waals surface area contributed by atoms with E-state index in [1.165, 1.54) is 5.56 Å². The van der Waals surface area contributed by atoms with Crippen molar-refractivity contribution in [3.63, 3.8) is 0 Å². The highest BCUT2D eigenvalue weighted by Crippen LogP contribution is 2.22. The fourth-order valence-electron chi connectivity index (χ4n) is 2.16. The Kier molecular flexibility index (Phi) is 4.87. The average Bonchev–Trinajstić information content (AvgIpc) is 2.28. The number of nitrogens with two attached hydrogens (primary N) is 2. The van der Waals surface area contributed by atoms with Crippen molar-refractivity contribution >= 4 is 6.08 Å². The second kappa shape index (κ2) is 5.96. The van der Waals surface area contributed by atoms with Gasteiger partial charge >= 0.3 is 0 Å². The first kappa shape index (κ1) is 13.9. The number of rotatable bonds is 5. The van der Waals surface area contributed by atoms with E-state index in [4.69, 9.17) is 11.5 Å². The van der Waals surface area contributed by atoms with E-state index in [9.17, 15) is 0 Å². The molecule has 1 rings (SSSR count). The lowest BCUT2D eigenvalue weighted by Gasteiger charge is -2.35. The molecular weight excluding hydrogens is 210 g/mol. The summed E-state index contributed by atoms with van der Waals surface area (Å²) in [7, 11) is 0. The second-order valence-corrected chi connectivity index (χ2v) is 4.48. The SMILES string of the molecule is C=Cc1ccc(C(C)N(C(C)N)C(C)N)cc1. The molecule has 3 atom stereocenters. The predicted octanol–water partition coefficient (Wildman–Crippen LogP) is 2.30. The lowest BCUT2D eigenvalue weighted by Crippen LogP contribution is -2.50. The van der Waals surface area contributed by atoms with E-state index < -0.39 is 0 Å². The number of hydrogen-bond donors (Lipinski definition) is 2. The summed E-state index contributed by atoms with van der Waals surface area (Å²) in [6.45, 7) is 9.78. The zero-order valence-electron chi connectivity index (χ0n) is 10.9. The van der Waals surface area contributed by atoms with Gasteiger partial charge in [-0.3, -0.25) is 4.90 Å². The molecule has 4 N–H and O–H groups in total. The molecule has 1 aromatic carbocycles. The summed E-state index contributed by atoms with van der Waals surface area (Å²) in [5.41, 5.74) is 14.3. The van der Waals surface area contributed by atoms with E-state index in [-0.39, 0.29) is 18.4 Å². The average molecular weight is 233 g/mol. The van der Waals surface area contributed by atoms with E-state index in [1.54, 1.807) is 0 Å². The highest BCUT2D eigenvalue weighted by atomic mass is 15.3. The zero-order chi connectivity index (χ0) is 13.0. The molecule has 0 fully saturated rings. The van der Waals surface area contributed by atoms with Gasteiger partial charge in [0.05, 0.1) is 12.3 Å². The summed E-state index contributed by atoms with van der Waals surface area (Å²) >= 11 is 0. The Morgan fingerprint density at radius 3 is 1.88 bits per heavy atom. The van der Waals surface area contributed by atoms with Gasteiger partial charge in [-0.2, -0.15) is 0 Å². The van der Waals surface area contributed by atoms with Gasteiger partial charge in [0.2, 0.25) is 0 Å². The maximum absolute atomic E-state index is 5.96. The molecule has 17 heavy (non-hydrogen) atoms. The maximum atomic E-state index is 5.96. The molecule has 0 amide bonds. The molecule has 0 aromatic heterocycles. The first-order chi connectivity index (χ1) is 7.97. The molecule has 0 saturated carbocycles. The minimum atomic E-state index is -0.0657. The number of hydrogen-bond acceptors (Lipinski definition) is 3. The van der Waals surface area contributed by atoms with Crippen molar-refractivity contribution in [1.82, 2.24) is 4.90 Å². The third kappa shape index (κ3) is 3.40. The Balaban J connectivity index is 2.92. The van der Waals surface area contributed by atoms with Crippen molar-refractivity contribution in [3.05, 3.63) is 42.0 Å². The largest absolute Gasteiger partial charge is 0.316 e. The van der Waals surface area contributed by atoms with Gasteiger partial charge in [-0.05, 0) is 31.9 Å². The molecule has 0 spiro atoms. The first-order valence-corrected chi connectivity index (χ1v) is 5.98. The van der Waals surface area contributed by atoms with Crippen LogP contribution in [0.15, 0.2) is 30.8 Å². The summed E-state index contributed by atoms with van der Waals surface area (Å²) in [6, 6.07) is 8.51. The molecule has 0 saturated heterocycles. The van der Waals surface area contributed by atoms with Crippen LogP contribution in [0.4, 0.5) is 0 Å². The topological polar surface area (TPSA) is 55.3 Å². The van der Waals surface area contributed by atoms with Gasteiger partial charge in [-0.25, -0.2) is 0 Å². The zero-order valence-corrected chi connectivity index (χ0v) is 10.9. The van der Waals surface area contributed by atoms with Crippen molar-refractivity contribution in [2.45, 2.75) is 39.1 Å². The summed E-state index contributed by atoms with van der Waals surface area (Å²) in [6.07, 6.45) is 1.71. The molecule has 3 unspecified atom stereocenters. The third-order valence-electron chi connectivity index (χ3n) is 3.04.